The Balaban J connectivity index is 0.000000229. The van der Waals surface area contributed by atoms with Gasteiger partial charge in [-0.25, -0.2) is 0 Å². The van der Waals surface area contributed by atoms with Crippen molar-refractivity contribution in [2.45, 2.75) is 0 Å². The molecule has 0 saturated carbocycles. The second-order valence-corrected chi connectivity index (χ2v) is 7.08. The van der Waals surface area contributed by atoms with Gasteiger partial charge >= 0.3 is 0 Å². The van der Waals surface area contributed by atoms with Gasteiger partial charge in [-0.05, 0) is 97.1 Å². The third-order valence-corrected chi connectivity index (χ3v) is 3.97. The highest BCUT2D eigenvalue weighted by molar-refractivity contribution is 4.88. The second kappa shape index (κ2) is 29.5. The molecular weight excluding hydrogens is 496 g/mol. The van der Waals surface area contributed by atoms with E-state index in [-0.39, 0.29) is 0 Å². The van der Waals surface area contributed by atoms with Crippen molar-refractivity contribution >= 4 is 0 Å². The lowest BCUT2D eigenvalue weighted by Crippen LogP contribution is -1.38. The second-order valence-electron chi connectivity index (χ2n) is 7.08. The standard InChI is InChI=1S/8C4H5N/c8*1-2-4-5-3-1/h8*1-5H. The van der Waals surface area contributed by atoms with Gasteiger partial charge in [0, 0.05) is 99.1 Å². The molecule has 0 saturated heterocycles. The maximum absolute atomic E-state index is 2.86. The molecule has 0 aliphatic rings. The molecule has 0 fully saturated rings. The predicted octanol–water partition coefficient (Wildman–Crippen LogP) is 8.12. The van der Waals surface area contributed by atoms with Crippen LogP contribution in [0.3, 0.4) is 0 Å². The first-order valence-electron chi connectivity index (χ1n) is 12.6. The molecule has 0 aliphatic heterocycles. The van der Waals surface area contributed by atoms with Gasteiger partial charge in [0.05, 0.1) is 0 Å². The van der Waals surface area contributed by atoms with Crippen molar-refractivity contribution in [1.29, 1.82) is 0 Å². The monoisotopic (exact) mass is 536 g/mol. The van der Waals surface area contributed by atoms with Gasteiger partial charge in [0.1, 0.15) is 0 Å². The van der Waals surface area contributed by atoms with Crippen molar-refractivity contribution in [1.82, 2.24) is 39.9 Å². The lowest BCUT2D eigenvalue weighted by atomic mass is 10.7. The minimum absolute atomic E-state index is 1.88. The molecule has 8 aromatic rings. The van der Waals surface area contributed by atoms with Crippen molar-refractivity contribution in [2.75, 3.05) is 0 Å². The zero-order valence-corrected chi connectivity index (χ0v) is 22.5. The van der Waals surface area contributed by atoms with Crippen LogP contribution in [0.1, 0.15) is 0 Å². The average Bonchev–Trinajstić information content (AvgIpc) is 3.95. The summed E-state index contributed by atoms with van der Waals surface area (Å²) < 4.78 is 0. The smallest absolute Gasteiger partial charge is 0.000496 e. The van der Waals surface area contributed by atoms with Crippen LogP contribution < -0.4 is 0 Å². The number of aromatic nitrogens is 8. The van der Waals surface area contributed by atoms with Crippen LogP contribution in [0.5, 0.6) is 0 Å². The lowest BCUT2D eigenvalue weighted by Gasteiger charge is -1.49. The summed E-state index contributed by atoms with van der Waals surface area (Å²) in [5.74, 6) is 0. The number of aromatic amines is 8. The average molecular weight is 537 g/mol. The molecule has 8 heterocycles. The first kappa shape index (κ1) is 32.3. The van der Waals surface area contributed by atoms with Crippen molar-refractivity contribution in [3.63, 3.8) is 0 Å². The van der Waals surface area contributed by atoms with E-state index < -0.39 is 0 Å². The number of rotatable bonds is 0. The largest absolute Gasteiger partial charge is 0.368 e. The summed E-state index contributed by atoms with van der Waals surface area (Å²) in [5, 5.41) is 0. The molecule has 8 heteroatoms. The molecule has 0 unspecified atom stereocenters. The van der Waals surface area contributed by atoms with E-state index in [9.17, 15) is 0 Å². The minimum atomic E-state index is 1.88. The van der Waals surface area contributed by atoms with E-state index in [4.69, 9.17) is 0 Å². The van der Waals surface area contributed by atoms with Crippen molar-refractivity contribution in [2.24, 2.45) is 0 Å². The van der Waals surface area contributed by atoms with Crippen LogP contribution in [0.15, 0.2) is 196 Å². The molecule has 8 N–H and O–H groups in total. The van der Waals surface area contributed by atoms with E-state index in [1.54, 1.807) is 0 Å². The molecule has 8 nitrogen and oxygen atoms in total. The van der Waals surface area contributed by atoms with Crippen LogP contribution in [0.4, 0.5) is 0 Å². The molecule has 0 radical (unpaired) electrons. The van der Waals surface area contributed by atoms with E-state index in [1.165, 1.54) is 0 Å². The molecule has 0 spiro atoms. The molecule has 208 valence electrons. The summed E-state index contributed by atoms with van der Waals surface area (Å²) >= 11 is 0. The Hall–Kier alpha value is -5.76. The SMILES string of the molecule is c1cc[nH]c1.c1cc[nH]c1.c1cc[nH]c1.c1cc[nH]c1.c1cc[nH]c1.c1cc[nH]c1.c1cc[nH]c1.c1cc[nH]c1. The molecule has 0 bridgehead atoms. The Morgan fingerprint density at radius 2 is 0.200 bits per heavy atom. The van der Waals surface area contributed by atoms with Gasteiger partial charge in [0.25, 0.3) is 0 Å². The van der Waals surface area contributed by atoms with E-state index in [2.05, 4.69) is 39.9 Å². The Morgan fingerprint density at radius 3 is 0.225 bits per heavy atom. The molecular formula is C32H40N8. The van der Waals surface area contributed by atoms with Crippen molar-refractivity contribution in [3.8, 4) is 0 Å². The summed E-state index contributed by atoms with van der Waals surface area (Å²) in [6.07, 6.45) is 30.0. The van der Waals surface area contributed by atoms with Crippen molar-refractivity contribution < 1.29 is 0 Å². The molecule has 8 rings (SSSR count). The van der Waals surface area contributed by atoms with Crippen LogP contribution in [-0.4, -0.2) is 39.9 Å². The third kappa shape index (κ3) is 26.8. The fraction of sp³-hybridized carbons (Fsp3) is 0. The van der Waals surface area contributed by atoms with E-state index in [1.807, 2.05) is 196 Å². The third-order valence-electron chi connectivity index (χ3n) is 3.97. The number of hydrogen-bond acceptors (Lipinski definition) is 0. The molecule has 0 atom stereocenters. The Bertz CT molecular complexity index is 796. The van der Waals surface area contributed by atoms with E-state index >= 15 is 0 Å². The highest BCUT2D eigenvalue weighted by Gasteiger charge is 1.59. The molecule has 0 amide bonds. The molecule has 40 heavy (non-hydrogen) atoms. The highest BCUT2D eigenvalue weighted by Crippen LogP contribution is 1.75. The zero-order valence-electron chi connectivity index (χ0n) is 22.5. The predicted molar refractivity (Wildman–Crippen MR) is 166 cm³/mol. The summed E-state index contributed by atoms with van der Waals surface area (Å²) in [4.78, 5) is 22.9. The van der Waals surface area contributed by atoms with Crippen LogP contribution >= 0.6 is 0 Å². The zero-order chi connectivity index (χ0) is 28.3. The summed E-state index contributed by atoms with van der Waals surface area (Å²) in [6, 6.07) is 31.1. The van der Waals surface area contributed by atoms with Gasteiger partial charge in [-0.15, -0.1) is 0 Å². The first-order valence-corrected chi connectivity index (χ1v) is 12.6. The fourth-order valence-corrected chi connectivity index (χ4v) is 2.22. The highest BCUT2D eigenvalue weighted by atomic mass is 14.6. The van der Waals surface area contributed by atoms with Gasteiger partial charge in [-0.1, -0.05) is 0 Å². The topological polar surface area (TPSA) is 126 Å². The first-order chi connectivity index (χ1) is 20.0. The molecule has 8 aromatic heterocycles. The maximum Gasteiger partial charge on any atom is 0.000496 e. The summed E-state index contributed by atoms with van der Waals surface area (Å²) in [7, 11) is 0. The van der Waals surface area contributed by atoms with Gasteiger partial charge < -0.3 is 39.9 Å². The van der Waals surface area contributed by atoms with E-state index in [0.717, 1.165) is 0 Å². The molecule has 0 aromatic carbocycles. The van der Waals surface area contributed by atoms with E-state index in [0.29, 0.717) is 0 Å². The van der Waals surface area contributed by atoms with Crippen LogP contribution in [-0.2, 0) is 0 Å². The van der Waals surface area contributed by atoms with Gasteiger partial charge in [-0.2, -0.15) is 0 Å². The number of hydrogen-bond donors (Lipinski definition) is 8. The number of H-pyrrole nitrogens is 8. The van der Waals surface area contributed by atoms with Gasteiger partial charge in [0.2, 0.25) is 0 Å². The maximum atomic E-state index is 2.86. The van der Waals surface area contributed by atoms with Gasteiger partial charge in [0.15, 0.2) is 0 Å². The summed E-state index contributed by atoms with van der Waals surface area (Å²) in [5.41, 5.74) is 0. The van der Waals surface area contributed by atoms with Crippen molar-refractivity contribution in [3.05, 3.63) is 196 Å². The number of nitrogens with one attached hydrogen (secondary N) is 8. The van der Waals surface area contributed by atoms with Crippen LogP contribution in [0.2, 0.25) is 0 Å². The Morgan fingerprint density at radius 1 is 0.125 bits per heavy atom. The lowest BCUT2D eigenvalue weighted by molar-refractivity contribution is 1.41. The Labute approximate surface area is 236 Å². The molecule has 0 aliphatic carbocycles. The minimum Gasteiger partial charge on any atom is -0.368 e. The fourth-order valence-electron chi connectivity index (χ4n) is 2.22. The summed E-state index contributed by atoms with van der Waals surface area (Å²) in [6.45, 7) is 0. The van der Waals surface area contributed by atoms with Crippen LogP contribution in [0.25, 0.3) is 0 Å². The Kier molecular flexibility index (Phi) is 23.8. The quantitative estimate of drug-likeness (QED) is 0.0953. The normalized spacial score (nSPS) is 8.00. The van der Waals surface area contributed by atoms with Gasteiger partial charge in [-0.3, -0.25) is 0 Å². The van der Waals surface area contributed by atoms with Crippen LogP contribution in [0, 0.1) is 0 Å².